The Labute approximate surface area is 151 Å². The normalized spacial score (nSPS) is 15.0. The Bertz CT molecular complexity index is 887. The molecular weight excluding hydrogens is 328 g/mol. The van der Waals surface area contributed by atoms with Gasteiger partial charge in [-0.2, -0.15) is 0 Å². The number of nitrogens with one attached hydrogen (secondary N) is 1. The first kappa shape index (κ1) is 16.1. The summed E-state index contributed by atoms with van der Waals surface area (Å²) in [6.07, 6.45) is 1.80. The molecular formula is C21H18N2O3. The molecule has 1 unspecified atom stereocenters. The number of pyridine rings is 1. The minimum atomic E-state index is -0.509. The first-order valence-corrected chi connectivity index (χ1v) is 8.46. The Morgan fingerprint density at radius 3 is 2.85 bits per heavy atom. The van der Waals surface area contributed by atoms with E-state index in [9.17, 15) is 4.79 Å². The maximum atomic E-state index is 12.5. The standard InChI is InChI=1S/C21H18N2O3/c24-21(20-12-15-6-1-2-10-19(15)26-20)23-16-8-5-9-18(13-16)25-14-17-7-3-4-11-22-17/h1-11,13,20H,12,14H2,(H,23,24). The van der Waals surface area contributed by atoms with Crippen molar-refractivity contribution in [1.82, 2.24) is 4.98 Å². The summed E-state index contributed by atoms with van der Waals surface area (Å²) in [7, 11) is 0. The Morgan fingerprint density at radius 1 is 1.12 bits per heavy atom. The average Bonchev–Trinajstić information content (AvgIpc) is 3.12. The molecule has 1 aliphatic rings. The summed E-state index contributed by atoms with van der Waals surface area (Å²) in [5.41, 5.74) is 2.58. The fourth-order valence-electron chi connectivity index (χ4n) is 2.86. The molecule has 0 aliphatic carbocycles. The van der Waals surface area contributed by atoms with Crippen molar-refractivity contribution in [1.29, 1.82) is 0 Å². The van der Waals surface area contributed by atoms with Crippen LogP contribution in [0.4, 0.5) is 5.69 Å². The maximum Gasteiger partial charge on any atom is 0.265 e. The Kier molecular flexibility index (Phi) is 4.51. The van der Waals surface area contributed by atoms with E-state index in [4.69, 9.17) is 9.47 Å². The number of fused-ring (bicyclic) bond motifs is 1. The number of ether oxygens (including phenoxy) is 2. The van der Waals surface area contributed by atoms with Crippen LogP contribution >= 0.6 is 0 Å². The third-order valence-corrected chi connectivity index (χ3v) is 4.15. The molecule has 26 heavy (non-hydrogen) atoms. The molecule has 1 N–H and O–H groups in total. The zero-order valence-corrected chi connectivity index (χ0v) is 14.1. The molecule has 0 spiro atoms. The molecule has 1 aromatic heterocycles. The third kappa shape index (κ3) is 3.67. The van der Waals surface area contributed by atoms with Crippen molar-refractivity contribution in [2.45, 2.75) is 19.1 Å². The molecule has 0 radical (unpaired) electrons. The zero-order valence-electron chi connectivity index (χ0n) is 14.1. The number of nitrogens with zero attached hydrogens (tertiary/aromatic N) is 1. The van der Waals surface area contributed by atoms with E-state index in [1.807, 2.05) is 60.7 Å². The smallest absolute Gasteiger partial charge is 0.265 e. The van der Waals surface area contributed by atoms with Crippen LogP contribution in [0.1, 0.15) is 11.3 Å². The van der Waals surface area contributed by atoms with Crippen molar-refractivity contribution in [3.63, 3.8) is 0 Å². The molecule has 0 saturated carbocycles. The molecule has 5 nitrogen and oxygen atoms in total. The van der Waals surface area contributed by atoms with Gasteiger partial charge in [0.1, 0.15) is 18.1 Å². The molecule has 5 heteroatoms. The van der Waals surface area contributed by atoms with Crippen molar-refractivity contribution in [3.8, 4) is 11.5 Å². The largest absolute Gasteiger partial charge is 0.487 e. The van der Waals surface area contributed by atoms with Gasteiger partial charge < -0.3 is 14.8 Å². The van der Waals surface area contributed by atoms with Crippen LogP contribution in [-0.2, 0) is 17.8 Å². The van der Waals surface area contributed by atoms with Crippen LogP contribution in [0.2, 0.25) is 0 Å². The van der Waals surface area contributed by atoms with Crippen LogP contribution in [0, 0.1) is 0 Å². The number of carbonyl (C=O) groups excluding carboxylic acids is 1. The second-order valence-electron chi connectivity index (χ2n) is 6.05. The number of hydrogen-bond donors (Lipinski definition) is 1. The molecule has 1 atom stereocenters. The van der Waals surface area contributed by atoms with E-state index < -0.39 is 6.10 Å². The summed E-state index contributed by atoms with van der Waals surface area (Å²) in [4.78, 5) is 16.7. The van der Waals surface area contributed by atoms with E-state index in [2.05, 4.69) is 10.3 Å². The van der Waals surface area contributed by atoms with Gasteiger partial charge in [0.05, 0.1) is 5.69 Å². The monoisotopic (exact) mass is 346 g/mol. The van der Waals surface area contributed by atoms with Gasteiger partial charge in [0.2, 0.25) is 0 Å². The van der Waals surface area contributed by atoms with Crippen molar-refractivity contribution in [3.05, 3.63) is 84.2 Å². The first-order chi connectivity index (χ1) is 12.8. The molecule has 2 aromatic carbocycles. The van der Waals surface area contributed by atoms with Gasteiger partial charge in [0, 0.05) is 24.4 Å². The van der Waals surface area contributed by atoms with Crippen LogP contribution in [0.25, 0.3) is 0 Å². The molecule has 0 saturated heterocycles. The first-order valence-electron chi connectivity index (χ1n) is 8.46. The van der Waals surface area contributed by atoms with Gasteiger partial charge in [-0.25, -0.2) is 0 Å². The number of aromatic nitrogens is 1. The van der Waals surface area contributed by atoms with Gasteiger partial charge in [0.25, 0.3) is 5.91 Å². The van der Waals surface area contributed by atoms with E-state index in [0.29, 0.717) is 24.5 Å². The summed E-state index contributed by atoms with van der Waals surface area (Å²) in [5, 5.41) is 2.90. The fraction of sp³-hybridized carbons (Fsp3) is 0.143. The number of para-hydroxylation sites is 1. The highest BCUT2D eigenvalue weighted by Gasteiger charge is 2.28. The highest BCUT2D eigenvalue weighted by Crippen LogP contribution is 2.29. The van der Waals surface area contributed by atoms with Crippen LogP contribution in [0.15, 0.2) is 72.9 Å². The second-order valence-corrected chi connectivity index (χ2v) is 6.05. The highest BCUT2D eigenvalue weighted by molar-refractivity contribution is 5.95. The number of hydrogen-bond acceptors (Lipinski definition) is 4. The van der Waals surface area contributed by atoms with E-state index in [1.54, 1.807) is 12.3 Å². The van der Waals surface area contributed by atoms with Gasteiger partial charge in [0.15, 0.2) is 6.10 Å². The molecule has 0 bridgehead atoms. The highest BCUT2D eigenvalue weighted by atomic mass is 16.5. The Morgan fingerprint density at radius 2 is 2.00 bits per heavy atom. The van der Waals surface area contributed by atoms with Crippen LogP contribution in [0.3, 0.4) is 0 Å². The van der Waals surface area contributed by atoms with Crippen LogP contribution < -0.4 is 14.8 Å². The van der Waals surface area contributed by atoms with E-state index in [0.717, 1.165) is 17.0 Å². The fourth-order valence-corrected chi connectivity index (χ4v) is 2.86. The average molecular weight is 346 g/mol. The topological polar surface area (TPSA) is 60.5 Å². The summed E-state index contributed by atoms with van der Waals surface area (Å²) < 4.78 is 11.5. The van der Waals surface area contributed by atoms with E-state index >= 15 is 0 Å². The predicted octanol–water partition coefficient (Wildman–Crippen LogP) is 3.60. The number of carbonyl (C=O) groups is 1. The quantitative estimate of drug-likeness (QED) is 0.767. The molecule has 1 aliphatic heterocycles. The summed E-state index contributed by atoms with van der Waals surface area (Å²) >= 11 is 0. The lowest BCUT2D eigenvalue weighted by molar-refractivity contribution is -0.122. The van der Waals surface area contributed by atoms with Gasteiger partial charge >= 0.3 is 0 Å². The van der Waals surface area contributed by atoms with E-state index in [-0.39, 0.29) is 5.91 Å². The lowest BCUT2D eigenvalue weighted by Crippen LogP contribution is -2.31. The predicted molar refractivity (Wildman–Crippen MR) is 98.2 cm³/mol. The lowest BCUT2D eigenvalue weighted by Gasteiger charge is -2.12. The molecule has 0 fully saturated rings. The Balaban J connectivity index is 1.37. The van der Waals surface area contributed by atoms with Gasteiger partial charge in [-0.15, -0.1) is 0 Å². The van der Waals surface area contributed by atoms with Crippen molar-refractivity contribution in [2.75, 3.05) is 5.32 Å². The van der Waals surface area contributed by atoms with E-state index in [1.165, 1.54) is 0 Å². The number of anilines is 1. The molecule has 3 aromatic rings. The second kappa shape index (κ2) is 7.27. The molecule has 4 rings (SSSR count). The van der Waals surface area contributed by atoms with Gasteiger partial charge in [-0.05, 0) is 35.9 Å². The zero-order chi connectivity index (χ0) is 17.8. The summed E-state index contributed by atoms with van der Waals surface area (Å²) in [6, 6.07) is 20.7. The summed E-state index contributed by atoms with van der Waals surface area (Å²) in [5.74, 6) is 1.28. The minimum Gasteiger partial charge on any atom is -0.487 e. The maximum absolute atomic E-state index is 12.5. The van der Waals surface area contributed by atoms with Gasteiger partial charge in [-0.3, -0.25) is 9.78 Å². The minimum absolute atomic E-state index is 0.164. The SMILES string of the molecule is O=C(Nc1cccc(OCc2ccccn2)c1)C1Cc2ccccc2O1. The summed E-state index contributed by atoms with van der Waals surface area (Å²) in [6.45, 7) is 0.374. The van der Waals surface area contributed by atoms with Crippen molar-refractivity contribution >= 4 is 11.6 Å². The third-order valence-electron chi connectivity index (χ3n) is 4.15. The number of amides is 1. The molecule has 1 amide bonds. The van der Waals surface area contributed by atoms with Gasteiger partial charge in [-0.1, -0.05) is 30.3 Å². The van der Waals surface area contributed by atoms with Crippen LogP contribution in [-0.4, -0.2) is 17.0 Å². The number of benzene rings is 2. The van der Waals surface area contributed by atoms with Crippen LogP contribution in [0.5, 0.6) is 11.5 Å². The Hall–Kier alpha value is -3.34. The lowest BCUT2D eigenvalue weighted by atomic mass is 10.1. The number of rotatable bonds is 5. The van der Waals surface area contributed by atoms with Crippen molar-refractivity contribution < 1.29 is 14.3 Å². The molecule has 130 valence electrons. The van der Waals surface area contributed by atoms with Crippen molar-refractivity contribution in [2.24, 2.45) is 0 Å². The molecule has 2 heterocycles.